The summed E-state index contributed by atoms with van der Waals surface area (Å²) in [7, 11) is 0. The summed E-state index contributed by atoms with van der Waals surface area (Å²) < 4.78 is 5.32. The van der Waals surface area contributed by atoms with Gasteiger partial charge in [-0.1, -0.05) is 0 Å². The minimum atomic E-state index is 0.0203. The average molecular weight is 320 g/mol. The van der Waals surface area contributed by atoms with Crippen molar-refractivity contribution in [1.82, 2.24) is 25.1 Å². The van der Waals surface area contributed by atoms with Gasteiger partial charge in [-0.25, -0.2) is 14.8 Å². The fourth-order valence-corrected chi connectivity index (χ4v) is 2.82. The van der Waals surface area contributed by atoms with Gasteiger partial charge in [-0.2, -0.15) is 0 Å². The van der Waals surface area contributed by atoms with E-state index in [-0.39, 0.29) is 6.03 Å². The van der Waals surface area contributed by atoms with Crippen LogP contribution in [0.25, 0.3) is 0 Å². The lowest BCUT2D eigenvalue weighted by molar-refractivity contribution is 0.0386. The number of ether oxygens (including phenoxy) is 1. The number of anilines is 1. The highest BCUT2D eigenvalue weighted by atomic mass is 16.5. The maximum absolute atomic E-state index is 12.2. The zero-order chi connectivity index (χ0) is 15.9. The van der Waals surface area contributed by atoms with Crippen LogP contribution in [0.4, 0.5) is 10.7 Å². The molecule has 2 saturated heterocycles. The Labute approximate surface area is 136 Å². The molecule has 3 rings (SSSR count). The number of aromatic nitrogens is 2. The van der Waals surface area contributed by atoms with Crippen LogP contribution in [0.15, 0.2) is 18.5 Å². The molecule has 126 valence electrons. The second-order valence-corrected chi connectivity index (χ2v) is 5.71. The van der Waals surface area contributed by atoms with Gasteiger partial charge in [0.25, 0.3) is 0 Å². The smallest absolute Gasteiger partial charge is 0.317 e. The molecule has 0 saturated carbocycles. The first-order chi connectivity index (χ1) is 11.3. The highest BCUT2D eigenvalue weighted by molar-refractivity contribution is 5.74. The lowest BCUT2D eigenvalue weighted by Gasteiger charge is -2.34. The molecule has 3 heterocycles. The second-order valence-electron chi connectivity index (χ2n) is 5.71. The van der Waals surface area contributed by atoms with Crippen molar-refractivity contribution in [3.8, 4) is 0 Å². The van der Waals surface area contributed by atoms with Crippen molar-refractivity contribution in [3.63, 3.8) is 0 Å². The summed E-state index contributed by atoms with van der Waals surface area (Å²) in [5.41, 5.74) is 0. The third-order valence-corrected chi connectivity index (χ3v) is 4.21. The Morgan fingerprint density at radius 1 is 1.09 bits per heavy atom. The molecule has 0 unspecified atom stereocenters. The van der Waals surface area contributed by atoms with Crippen LogP contribution in [0.3, 0.4) is 0 Å². The van der Waals surface area contributed by atoms with E-state index < -0.39 is 0 Å². The minimum Gasteiger partial charge on any atom is -0.379 e. The van der Waals surface area contributed by atoms with Gasteiger partial charge in [0, 0.05) is 64.8 Å². The van der Waals surface area contributed by atoms with E-state index in [1.807, 2.05) is 11.0 Å². The van der Waals surface area contributed by atoms with Gasteiger partial charge in [0.1, 0.15) is 0 Å². The first kappa shape index (κ1) is 15.9. The predicted molar refractivity (Wildman–Crippen MR) is 86.5 cm³/mol. The lowest BCUT2D eigenvalue weighted by Crippen LogP contribution is -2.53. The zero-order valence-electron chi connectivity index (χ0n) is 13.4. The van der Waals surface area contributed by atoms with Crippen LogP contribution in [-0.2, 0) is 4.74 Å². The van der Waals surface area contributed by atoms with Gasteiger partial charge in [-0.3, -0.25) is 4.90 Å². The number of rotatable bonds is 4. The molecular weight excluding hydrogens is 296 g/mol. The van der Waals surface area contributed by atoms with Crippen LogP contribution in [0.5, 0.6) is 0 Å². The van der Waals surface area contributed by atoms with E-state index in [0.717, 1.165) is 51.9 Å². The Morgan fingerprint density at radius 2 is 1.78 bits per heavy atom. The predicted octanol–water partition coefficient (Wildman–Crippen LogP) is -0.360. The van der Waals surface area contributed by atoms with Gasteiger partial charge < -0.3 is 19.9 Å². The molecule has 2 fully saturated rings. The summed E-state index contributed by atoms with van der Waals surface area (Å²) in [6.07, 6.45) is 3.49. The van der Waals surface area contributed by atoms with E-state index in [1.165, 1.54) is 0 Å². The highest BCUT2D eigenvalue weighted by Gasteiger charge is 2.22. The van der Waals surface area contributed by atoms with Gasteiger partial charge in [0.05, 0.1) is 13.2 Å². The molecular formula is C15H24N6O2. The Kier molecular flexibility index (Phi) is 5.60. The van der Waals surface area contributed by atoms with Crippen molar-refractivity contribution in [1.29, 1.82) is 0 Å². The van der Waals surface area contributed by atoms with E-state index in [9.17, 15) is 4.79 Å². The van der Waals surface area contributed by atoms with Gasteiger partial charge in [-0.05, 0) is 6.07 Å². The fraction of sp³-hybridized carbons (Fsp3) is 0.667. The molecule has 0 bridgehead atoms. The van der Waals surface area contributed by atoms with Gasteiger partial charge in [-0.15, -0.1) is 0 Å². The number of amides is 2. The lowest BCUT2D eigenvalue weighted by atomic mass is 10.3. The minimum absolute atomic E-state index is 0.0203. The summed E-state index contributed by atoms with van der Waals surface area (Å²) in [5, 5.41) is 3.01. The summed E-state index contributed by atoms with van der Waals surface area (Å²) in [4.78, 5) is 27.0. The first-order valence-electron chi connectivity index (χ1n) is 8.18. The Balaban J connectivity index is 1.36. The maximum Gasteiger partial charge on any atom is 0.317 e. The van der Waals surface area contributed by atoms with E-state index in [4.69, 9.17) is 4.74 Å². The molecule has 2 aliphatic rings. The number of piperazine rings is 1. The van der Waals surface area contributed by atoms with Crippen LogP contribution < -0.4 is 10.2 Å². The van der Waals surface area contributed by atoms with Crippen LogP contribution in [0.2, 0.25) is 0 Å². The third kappa shape index (κ3) is 4.52. The van der Waals surface area contributed by atoms with Crippen molar-refractivity contribution in [2.24, 2.45) is 0 Å². The summed E-state index contributed by atoms with van der Waals surface area (Å²) in [6.45, 7) is 7.96. The quantitative estimate of drug-likeness (QED) is 0.817. The Hall–Kier alpha value is -1.93. The second kappa shape index (κ2) is 8.07. The van der Waals surface area contributed by atoms with Crippen LogP contribution in [0.1, 0.15) is 0 Å². The van der Waals surface area contributed by atoms with Gasteiger partial charge in [0.15, 0.2) is 0 Å². The van der Waals surface area contributed by atoms with Crippen molar-refractivity contribution in [3.05, 3.63) is 18.5 Å². The summed E-state index contributed by atoms with van der Waals surface area (Å²) in [6, 6.07) is 1.83. The molecule has 0 aliphatic carbocycles. The summed E-state index contributed by atoms with van der Waals surface area (Å²) in [5.74, 6) is 0.736. The largest absolute Gasteiger partial charge is 0.379 e. The molecule has 0 radical (unpaired) electrons. The van der Waals surface area contributed by atoms with Crippen LogP contribution in [-0.4, -0.2) is 91.4 Å². The molecule has 23 heavy (non-hydrogen) atoms. The third-order valence-electron chi connectivity index (χ3n) is 4.21. The van der Waals surface area contributed by atoms with Crippen LogP contribution >= 0.6 is 0 Å². The van der Waals surface area contributed by atoms with E-state index in [0.29, 0.717) is 19.6 Å². The molecule has 8 heteroatoms. The van der Waals surface area contributed by atoms with E-state index in [2.05, 4.69) is 25.1 Å². The SMILES string of the molecule is O=C(NCCN1CCOCC1)N1CCN(c2ncccn2)CC1. The standard InChI is InChI=1S/C15H24N6O2/c22-15(18-4-5-19-10-12-23-13-11-19)21-8-6-20(7-9-21)14-16-2-1-3-17-14/h1-3H,4-13H2,(H,18,22). The molecule has 2 aliphatic heterocycles. The number of urea groups is 1. The Bertz CT molecular complexity index is 486. The number of hydrogen-bond acceptors (Lipinski definition) is 6. The van der Waals surface area contributed by atoms with Gasteiger partial charge >= 0.3 is 6.03 Å². The topological polar surface area (TPSA) is 73.8 Å². The number of carbonyl (C=O) groups is 1. The molecule has 1 aromatic heterocycles. The van der Waals surface area contributed by atoms with Crippen molar-refractivity contribution in [2.45, 2.75) is 0 Å². The molecule has 2 amide bonds. The molecule has 1 N–H and O–H groups in total. The number of nitrogens with one attached hydrogen (secondary N) is 1. The van der Waals surface area contributed by atoms with Crippen molar-refractivity contribution in [2.75, 3.05) is 70.5 Å². The average Bonchev–Trinajstić information content (AvgIpc) is 2.63. The molecule has 0 atom stereocenters. The number of hydrogen-bond donors (Lipinski definition) is 1. The fourth-order valence-electron chi connectivity index (χ4n) is 2.82. The Morgan fingerprint density at radius 3 is 2.48 bits per heavy atom. The summed E-state index contributed by atoms with van der Waals surface area (Å²) >= 11 is 0. The maximum atomic E-state index is 12.2. The van der Waals surface area contributed by atoms with Gasteiger partial charge in [0.2, 0.25) is 5.95 Å². The highest BCUT2D eigenvalue weighted by Crippen LogP contribution is 2.09. The van der Waals surface area contributed by atoms with Crippen molar-refractivity contribution < 1.29 is 9.53 Å². The number of morpholine rings is 1. The molecule has 8 nitrogen and oxygen atoms in total. The zero-order valence-corrected chi connectivity index (χ0v) is 13.4. The van der Waals surface area contributed by atoms with Crippen LogP contribution in [0, 0.1) is 0 Å². The first-order valence-corrected chi connectivity index (χ1v) is 8.18. The normalized spacial score (nSPS) is 19.7. The molecule has 1 aromatic rings. The number of carbonyl (C=O) groups excluding carboxylic acids is 1. The molecule has 0 aromatic carbocycles. The monoisotopic (exact) mass is 320 g/mol. The van der Waals surface area contributed by atoms with E-state index >= 15 is 0 Å². The van der Waals surface area contributed by atoms with Crippen molar-refractivity contribution >= 4 is 12.0 Å². The number of nitrogens with zero attached hydrogens (tertiary/aromatic N) is 5. The van der Waals surface area contributed by atoms with E-state index in [1.54, 1.807) is 12.4 Å². The molecule has 0 spiro atoms.